The van der Waals surface area contributed by atoms with Gasteiger partial charge in [0.1, 0.15) is 18.0 Å². The molecule has 1 fully saturated rings. The maximum atomic E-state index is 4.54. The minimum Gasteiger partial charge on any atom is -0.370 e. The van der Waals surface area contributed by atoms with Crippen molar-refractivity contribution < 1.29 is 0 Å². The molecule has 1 aliphatic rings. The van der Waals surface area contributed by atoms with Gasteiger partial charge in [0.2, 0.25) is 0 Å². The van der Waals surface area contributed by atoms with Crippen LogP contribution >= 0.6 is 0 Å². The fraction of sp³-hybridized carbons (Fsp3) is 0.733. The molecule has 0 bridgehead atoms. The molecule has 1 saturated heterocycles. The standard InChI is InChI=1S/C15H27N5/c1-5-13-14(16-6-2)17-11-18-15(13)20-9-7-19(8-10-20)12(3)4/h11-12H,5-10H2,1-4H3,(H,16,17,18). The van der Waals surface area contributed by atoms with E-state index in [9.17, 15) is 0 Å². The first kappa shape index (κ1) is 15.0. The van der Waals surface area contributed by atoms with Gasteiger partial charge in [-0.25, -0.2) is 9.97 Å². The Kier molecular flexibility index (Phi) is 5.17. The zero-order chi connectivity index (χ0) is 14.5. The van der Waals surface area contributed by atoms with Crippen LogP contribution in [0, 0.1) is 0 Å². The molecule has 0 aliphatic carbocycles. The van der Waals surface area contributed by atoms with Crippen molar-refractivity contribution in [1.29, 1.82) is 0 Å². The SMILES string of the molecule is CCNc1ncnc(N2CCN(C(C)C)CC2)c1CC. The van der Waals surface area contributed by atoms with E-state index in [-0.39, 0.29) is 0 Å². The highest BCUT2D eigenvalue weighted by atomic mass is 15.3. The van der Waals surface area contributed by atoms with Gasteiger partial charge >= 0.3 is 0 Å². The van der Waals surface area contributed by atoms with Gasteiger partial charge < -0.3 is 10.2 Å². The van der Waals surface area contributed by atoms with E-state index in [1.807, 2.05) is 0 Å². The van der Waals surface area contributed by atoms with Crippen LogP contribution in [0.3, 0.4) is 0 Å². The molecule has 1 aromatic rings. The molecule has 2 rings (SSSR count). The molecule has 20 heavy (non-hydrogen) atoms. The van der Waals surface area contributed by atoms with Gasteiger partial charge in [-0.2, -0.15) is 0 Å². The zero-order valence-electron chi connectivity index (χ0n) is 13.2. The van der Waals surface area contributed by atoms with Crippen LogP contribution in [0.1, 0.15) is 33.3 Å². The summed E-state index contributed by atoms with van der Waals surface area (Å²) in [6.45, 7) is 14.0. The van der Waals surface area contributed by atoms with Crippen LogP contribution in [0.5, 0.6) is 0 Å². The Labute approximate surface area is 122 Å². The van der Waals surface area contributed by atoms with Gasteiger partial charge in [-0.3, -0.25) is 4.90 Å². The van der Waals surface area contributed by atoms with Crippen molar-refractivity contribution >= 4 is 11.6 Å². The first-order valence-corrected chi connectivity index (χ1v) is 7.74. The summed E-state index contributed by atoms with van der Waals surface area (Å²) in [5.74, 6) is 2.10. The number of anilines is 2. The van der Waals surface area contributed by atoms with Crippen LogP contribution in [0.4, 0.5) is 11.6 Å². The van der Waals surface area contributed by atoms with Gasteiger partial charge in [0.15, 0.2) is 0 Å². The molecular formula is C15H27N5. The number of nitrogens with one attached hydrogen (secondary N) is 1. The highest BCUT2D eigenvalue weighted by Gasteiger charge is 2.22. The van der Waals surface area contributed by atoms with E-state index >= 15 is 0 Å². The molecule has 1 aliphatic heterocycles. The number of hydrogen-bond donors (Lipinski definition) is 1. The molecule has 0 atom stereocenters. The smallest absolute Gasteiger partial charge is 0.137 e. The van der Waals surface area contributed by atoms with E-state index < -0.39 is 0 Å². The summed E-state index contributed by atoms with van der Waals surface area (Å²) >= 11 is 0. The molecule has 0 unspecified atom stereocenters. The van der Waals surface area contributed by atoms with Crippen LogP contribution in [0.2, 0.25) is 0 Å². The van der Waals surface area contributed by atoms with E-state index in [4.69, 9.17) is 0 Å². The first-order chi connectivity index (χ1) is 9.67. The topological polar surface area (TPSA) is 44.3 Å². The number of nitrogens with zero attached hydrogens (tertiary/aromatic N) is 4. The maximum Gasteiger partial charge on any atom is 0.137 e. The zero-order valence-corrected chi connectivity index (χ0v) is 13.2. The summed E-state index contributed by atoms with van der Waals surface area (Å²) in [5.41, 5.74) is 1.24. The summed E-state index contributed by atoms with van der Waals surface area (Å²) in [6, 6.07) is 0.630. The summed E-state index contributed by atoms with van der Waals surface area (Å²) < 4.78 is 0. The number of hydrogen-bond acceptors (Lipinski definition) is 5. The Morgan fingerprint density at radius 2 is 1.85 bits per heavy atom. The first-order valence-electron chi connectivity index (χ1n) is 7.74. The van der Waals surface area contributed by atoms with Crippen molar-refractivity contribution in [2.24, 2.45) is 0 Å². The normalized spacial score (nSPS) is 16.8. The lowest BCUT2D eigenvalue weighted by atomic mass is 10.1. The lowest BCUT2D eigenvalue weighted by molar-refractivity contribution is 0.209. The number of rotatable bonds is 5. The fourth-order valence-corrected chi connectivity index (χ4v) is 2.77. The lowest BCUT2D eigenvalue weighted by Gasteiger charge is -2.38. The minimum atomic E-state index is 0.630. The van der Waals surface area contributed by atoms with Crippen LogP contribution in [-0.4, -0.2) is 53.6 Å². The van der Waals surface area contributed by atoms with Crippen LogP contribution in [-0.2, 0) is 6.42 Å². The van der Waals surface area contributed by atoms with Crippen LogP contribution in [0.15, 0.2) is 6.33 Å². The Morgan fingerprint density at radius 3 is 2.40 bits per heavy atom. The predicted octanol–water partition coefficient (Wildman–Crippen LogP) is 2.00. The van der Waals surface area contributed by atoms with Crippen LogP contribution < -0.4 is 10.2 Å². The Balaban J connectivity index is 2.15. The molecule has 1 aromatic heterocycles. The maximum absolute atomic E-state index is 4.54. The molecule has 0 aromatic carbocycles. The summed E-state index contributed by atoms with van der Waals surface area (Å²) in [5, 5.41) is 3.35. The third-order valence-corrected chi connectivity index (χ3v) is 3.96. The van der Waals surface area contributed by atoms with Crippen molar-refractivity contribution in [3.8, 4) is 0 Å². The van der Waals surface area contributed by atoms with Crippen molar-refractivity contribution in [2.45, 2.75) is 40.2 Å². The number of piperazine rings is 1. The molecular weight excluding hydrogens is 250 g/mol. The van der Waals surface area contributed by atoms with Gasteiger partial charge in [-0.05, 0) is 27.2 Å². The monoisotopic (exact) mass is 277 g/mol. The highest BCUT2D eigenvalue weighted by Crippen LogP contribution is 2.25. The average Bonchev–Trinajstić information content (AvgIpc) is 2.47. The van der Waals surface area contributed by atoms with Gasteiger partial charge in [0.05, 0.1) is 0 Å². The van der Waals surface area contributed by atoms with Crippen molar-refractivity contribution in [2.75, 3.05) is 42.9 Å². The predicted molar refractivity (Wildman–Crippen MR) is 84.5 cm³/mol. The van der Waals surface area contributed by atoms with Crippen LogP contribution in [0.25, 0.3) is 0 Å². The second-order valence-electron chi connectivity index (χ2n) is 5.53. The quantitative estimate of drug-likeness (QED) is 0.892. The largest absolute Gasteiger partial charge is 0.370 e. The minimum absolute atomic E-state index is 0.630. The van der Waals surface area contributed by atoms with Gasteiger partial charge in [0, 0.05) is 44.3 Å². The van der Waals surface area contributed by atoms with Crippen molar-refractivity contribution in [1.82, 2.24) is 14.9 Å². The van der Waals surface area contributed by atoms with E-state index in [0.717, 1.165) is 50.8 Å². The van der Waals surface area contributed by atoms with Gasteiger partial charge in [-0.15, -0.1) is 0 Å². The summed E-state index contributed by atoms with van der Waals surface area (Å²) in [6.07, 6.45) is 2.64. The molecule has 1 N–H and O–H groups in total. The lowest BCUT2D eigenvalue weighted by Crippen LogP contribution is -2.49. The van der Waals surface area contributed by atoms with Gasteiger partial charge in [0.25, 0.3) is 0 Å². The second kappa shape index (κ2) is 6.88. The van der Waals surface area contributed by atoms with E-state index in [1.54, 1.807) is 6.33 Å². The molecule has 0 amide bonds. The molecule has 0 saturated carbocycles. The molecule has 0 radical (unpaired) electrons. The second-order valence-corrected chi connectivity index (χ2v) is 5.53. The molecule has 112 valence electrons. The van der Waals surface area contributed by atoms with Crippen molar-refractivity contribution in [3.05, 3.63) is 11.9 Å². The average molecular weight is 277 g/mol. The third kappa shape index (κ3) is 3.20. The van der Waals surface area contributed by atoms with E-state index in [1.165, 1.54) is 5.56 Å². The summed E-state index contributed by atoms with van der Waals surface area (Å²) in [4.78, 5) is 13.8. The highest BCUT2D eigenvalue weighted by molar-refractivity contribution is 5.59. The van der Waals surface area contributed by atoms with Crippen molar-refractivity contribution in [3.63, 3.8) is 0 Å². The number of aromatic nitrogens is 2. The third-order valence-electron chi connectivity index (χ3n) is 3.96. The van der Waals surface area contributed by atoms with E-state index in [2.05, 4.69) is 52.8 Å². The fourth-order valence-electron chi connectivity index (χ4n) is 2.77. The molecule has 2 heterocycles. The Bertz CT molecular complexity index is 424. The Hall–Kier alpha value is -1.36. The Morgan fingerprint density at radius 1 is 1.15 bits per heavy atom. The molecule has 5 nitrogen and oxygen atoms in total. The summed E-state index contributed by atoms with van der Waals surface area (Å²) in [7, 11) is 0. The van der Waals surface area contributed by atoms with E-state index in [0.29, 0.717) is 6.04 Å². The molecule has 0 spiro atoms. The van der Waals surface area contributed by atoms with Gasteiger partial charge in [-0.1, -0.05) is 6.92 Å². The molecule has 5 heteroatoms.